The molecule has 1 aliphatic rings. The Morgan fingerprint density at radius 3 is 1.58 bits per heavy atom. The first-order valence-corrected chi connectivity index (χ1v) is 33.1. The summed E-state index contributed by atoms with van der Waals surface area (Å²) in [6.45, 7) is 8.24. The predicted octanol–water partition coefficient (Wildman–Crippen LogP) is -4.02. The lowest BCUT2D eigenvalue weighted by Gasteiger charge is -2.32. The van der Waals surface area contributed by atoms with Crippen LogP contribution < -0.4 is 93.7 Å². The van der Waals surface area contributed by atoms with Crippen LogP contribution in [-0.4, -0.2) is 198 Å². The summed E-state index contributed by atoms with van der Waals surface area (Å²) in [5.74, 6) is -10.5. The minimum Gasteiger partial charge on any atom is -0.508 e. The molecule has 0 spiro atoms. The first kappa shape index (κ1) is 82.4. The minimum absolute atomic E-state index is 0.00239. The highest BCUT2D eigenvalue weighted by molar-refractivity contribution is 5.99. The molecule has 544 valence electrons. The Morgan fingerprint density at radius 2 is 1.05 bits per heavy atom. The van der Waals surface area contributed by atoms with Crippen molar-refractivity contribution in [2.75, 3.05) is 39.3 Å². The number of benzene rings is 2. The van der Waals surface area contributed by atoms with E-state index in [1.807, 2.05) is 0 Å². The fraction of sp³-hybridized carbons (Fsp3) is 0.594. The molecule has 0 aliphatic carbocycles. The molecular weight excluding hydrogens is 1270 g/mol. The third-order valence-electron chi connectivity index (χ3n) is 16.1. The van der Waals surface area contributed by atoms with Gasteiger partial charge >= 0.3 is 5.97 Å². The molecule has 0 aromatic heterocycles. The normalized spacial score (nSPS) is 15.6. The van der Waals surface area contributed by atoms with E-state index < -0.39 is 138 Å². The molecule has 98 heavy (non-hydrogen) atoms. The average Bonchev–Trinajstić information content (AvgIpc) is 1.51. The smallest absolute Gasteiger partial charge is 0.326 e. The van der Waals surface area contributed by atoms with Crippen molar-refractivity contribution in [2.24, 2.45) is 72.7 Å². The minimum atomic E-state index is -1.44. The summed E-state index contributed by atoms with van der Waals surface area (Å²) < 4.78 is 0. The van der Waals surface area contributed by atoms with E-state index in [9.17, 15) is 63.0 Å². The van der Waals surface area contributed by atoms with Crippen molar-refractivity contribution in [2.45, 2.75) is 191 Å². The second kappa shape index (κ2) is 43.3. The zero-order valence-electron chi connectivity index (χ0n) is 56.8. The summed E-state index contributed by atoms with van der Waals surface area (Å²) >= 11 is 0. The SMILES string of the molecule is CC[C@H](C)[C@H](NC(=O)[C@H](CCCN=C(N)N)NC(=O)[C@H](CCCN=C(N)N)NC(=O)[C@H](CC(C)C)NC(=O)[C@H](Cc1ccccc1)NC(=O)CNC(=O)[C@@H](C)NC(=O)[C@@H](N)Cc1ccc(O)cc1)C(=O)N[C@@H](CCCN=C(N)N)C(=O)N1CCC[C@H]1C(=O)N[C@@H](CCCCN)C(=O)O. The quantitative estimate of drug-likeness (QED) is 0.0171. The number of aliphatic imine (C=N–C) groups is 3. The molecular formula is C64H105N21O13. The van der Waals surface area contributed by atoms with Crippen LogP contribution in [0.1, 0.15) is 129 Å². The third kappa shape index (κ3) is 30.5. The van der Waals surface area contributed by atoms with Crippen LogP contribution in [0, 0.1) is 11.8 Å². The highest BCUT2D eigenvalue weighted by Gasteiger charge is 2.41. The molecule has 1 heterocycles. The van der Waals surface area contributed by atoms with Crippen LogP contribution >= 0.6 is 0 Å². The zero-order valence-corrected chi connectivity index (χ0v) is 56.8. The number of hydrogen-bond donors (Lipinski definition) is 19. The van der Waals surface area contributed by atoms with E-state index in [0.29, 0.717) is 43.4 Å². The number of rotatable bonds is 44. The molecule has 34 heteroatoms. The summed E-state index contributed by atoms with van der Waals surface area (Å²) in [6, 6.07) is 1.96. The molecule has 1 aliphatic heterocycles. The number of nitrogens with two attached hydrogens (primary N) is 8. The Labute approximate surface area is 571 Å². The van der Waals surface area contributed by atoms with Crippen molar-refractivity contribution < 1.29 is 63.0 Å². The number of nitrogens with zero attached hydrogens (tertiary/aromatic N) is 4. The van der Waals surface area contributed by atoms with Crippen molar-refractivity contribution in [3.05, 3.63) is 65.7 Å². The van der Waals surface area contributed by atoms with Crippen LogP contribution in [0.25, 0.3) is 0 Å². The summed E-state index contributed by atoms with van der Waals surface area (Å²) in [5.41, 5.74) is 46.6. The molecule has 2 aromatic rings. The van der Waals surface area contributed by atoms with E-state index >= 15 is 0 Å². The van der Waals surface area contributed by atoms with Crippen molar-refractivity contribution in [3.8, 4) is 5.75 Å². The van der Waals surface area contributed by atoms with E-state index in [0.717, 1.165) is 0 Å². The third-order valence-corrected chi connectivity index (χ3v) is 16.1. The van der Waals surface area contributed by atoms with Gasteiger partial charge in [-0.1, -0.05) is 76.6 Å². The lowest BCUT2D eigenvalue weighted by molar-refractivity contribution is -0.145. The number of hydrogen-bond acceptors (Lipinski definition) is 17. The van der Waals surface area contributed by atoms with E-state index in [4.69, 9.17) is 45.9 Å². The predicted molar refractivity (Wildman–Crippen MR) is 368 cm³/mol. The van der Waals surface area contributed by atoms with Crippen LogP contribution in [0.3, 0.4) is 0 Å². The Bertz CT molecular complexity index is 3030. The number of carboxylic acids is 1. The van der Waals surface area contributed by atoms with Gasteiger partial charge in [-0.2, -0.15) is 0 Å². The molecule has 0 bridgehead atoms. The number of unbranched alkanes of at least 4 members (excludes halogenated alkanes) is 1. The van der Waals surface area contributed by atoms with Crippen molar-refractivity contribution in [3.63, 3.8) is 0 Å². The van der Waals surface area contributed by atoms with Crippen molar-refractivity contribution in [1.82, 2.24) is 52.8 Å². The maximum Gasteiger partial charge on any atom is 0.326 e. The lowest BCUT2D eigenvalue weighted by Crippen LogP contribution is -2.61. The molecule has 1 fully saturated rings. The summed E-state index contributed by atoms with van der Waals surface area (Å²) in [7, 11) is 0. The molecule has 10 amide bonds. The number of carbonyl (C=O) groups excluding carboxylic acids is 10. The van der Waals surface area contributed by atoms with Gasteiger partial charge in [0.25, 0.3) is 0 Å². The molecule has 11 atom stereocenters. The maximum atomic E-state index is 14.8. The number of nitrogens with one attached hydrogen (secondary N) is 9. The standard InChI is InChI=1S/C64H105N21O13/c1-6-37(4)51(59(95)81-45(21-14-30-75-64(71)72)60(96)85-31-15-22-49(85)58(94)82-46(61(97)98)18-10-11-27-65)84-55(91)44(20-13-29-74-63(69)70)79-54(90)43(19-12-28-73-62(67)68)80-56(92)47(32-36(2)3)83-57(93)48(34-39-16-8-7-9-17-39)78-50(87)35-76-52(88)38(5)77-53(89)42(66)33-40-23-25-41(86)26-24-40/h7-9,16-17,23-26,36-38,42-49,51,86H,6,10-15,18-22,27-35,65-66H2,1-5H3,(H,76,88)(H,77,89)(H,78,87)(H,79,90)(H,80,92)(H,81,95)(H,82,94)(H,83,93)(H,84,91)(H,97,98)(H4,67,68,73)(H4,69,70,74)(H4,71,72,75)/t37-,38+,42-,43-,44-,45-,46-,47-,48-,49-,51-/m0/s1. The van der Waals surface area contributed by atoms with Gasteiger partial charge in [0.05, 0.1) is 12.6 Å². The van der Waals surface area contributed by atoms with Gasteiger partial charge < -0.3 is 109 Å². The number of likely N-dealkylation sites (tertiary alicyclic amines) is 1. The number of carboxylic acid groups (broad SMARTS) is 1. The monoisotopic (exact) mass is 1380 g/mol. The molecule has 3 rings (SSSR count). The van der Waals surface area contributed by atoms with E-state index in [2.05, 4.69) is 62.8 Å². The first-order valence-electron chi connectivity index (χ1n) is 33.1. The van der Waals surface area contributed by atoms with Gasteiger partial charge in [-0.25, -0.2) is 4.79 Å². The van der Waals surface area contributed by atoms with Gasteiger partial charge in [0.2, 0.25) is 59.1 Å². The Morgan fingerprint density at radius 1 is 0.551 bits per heavy atom. The maximum absolute atomic E-state index is 14.8. The summed E-state index contributed by atoms with van der Waals surface area (Å²) in [4.78, 5) is 167. The first-order chi connectivity index (χ1) is 46.4. The number of guanidine groups is 3. The van der Waals surface area contributed by atoms with Gasteiger partial charge in [-0.15, -0.1) is 0 Å². The molecule has 27 N–H and O–H groups in total. The Balaban J connectivity index is 1.93. The van der Waals surface area contributed by atoms with Gasteiger partial charge in [0, 0.05) is 32.6 Å². The van der Waals surface area contributed by atoms with E-state index in [-0.39, 0.29) is 126 Å². The van der Waals surface area contributed by atoms with Crippen LogP contribution in [0.5, 0.6) is 5.75 Å². The van der Waals surface area contributed by atoms with Gasteiger partial charge in [-0.3, -0.25) is 62.9 Å². The summed E-state index contributed by atoms with van der Waals surface area (Å²) in [6.07, 6.45) is 2.08. The van der Waals surface area contributed by atoms with Crippen LogP contribution in [0.4, 0.5) is 0 Å². The number of aromatic hydroxyl groups is 1. The molecule has 1 saturated heterocycles. The molecule has 0 saturated carbocycles. The number of aliphatic carboxylic acids is 1. The van der Waals surface area contributed by atoms with E-state index in [1.165, 1.54) is 24.0 Å². The Hall–Kier alpha value is -9.86. The average molecular weight is 1380 g/mol. The van der Waals surface area contributed by atoms with Crippen LogP contribution in [0.15, 0.2) is 69.6 Å². The van der Waals surface area contributed by atoms with Crippen molar-refractivity contribution >= 4 is 82.9 Å². The van der Waals surface area contributed by atoms with Crippen molar-refractivity contribution in [1.29, 1.82) is 0 Å². The number of amides is 10. The van der Waals surface area contributed by atoms with Crippen LogP contribution in [0.2, 0.25) is 0 Å². The zero-order chi connectivity index (χ0) is 73.0. The van der Waals surface area contributed by atoms with Gasteiger partial charge in [0.1, 0.15) is 60.1 Å². The van der Waals surface area contributed by atoms with Crippen LogP contribution in [-0.2, 0) is 65.6 Å². The van der Waals surface area contributed by atoms with E-state index in [1.54, 1.807) is 70.2 Å². The fourth-order valence-corrected chi connectivity index (χ4v) is 10.6. The summed E-state index contributed by atoms with van der Waals surface area (Å²) in [5, 5.41) is 43.4. The molecule has 34 nitrogen and oxygen atoms in total. The lowest BCUT2D eigenvalue weighted by atomic mass is 9.96. The molecule has 2 aromatic carbocycles. The topological polar surface area (TPSA) is 585 Å². The highest BCUT2D eigenvalue weighted by Crippen LogP contribution is 2.22. The second-order valence-electron chi connectivity index (χ2n) is 24.7. The van der Waals surface area contributed by atoms with Gasteiger partial charge in [0.15, 0.2) is 17.9 Å². The fourth-order valence-electron chi connectivity index (χ4n) is 10.6. The molecule has 0 radical (unpaired) electrons. The largest absolute Gasteiger partial charge is 0.508 e. The number of phenolic OH excluding ortho intramolecular Hbond substituents is 1. The highest BCUT2D eigenvalue weighted by atomic mass is 16.4. The second-order valence-corrected chi connectivity index (χ2v) is 24.7. The number of carbonyl (C=O) groups is 11. The molecule has 0 unspecified atom stereocenters. The van der Waals surface area contributed by atoms with Gasteiger partial charge in [-0.05, 0) is 132 Å². The number of phenols is 1. The Kier molecular flexibility index (Phi) is 36.4.